The zero-order chi connectivity index (χ0) is 17.1. The van der Waals surface area contributed by atoms with Crippen LogP contribution in [0.2, 0.25) is 0 Å². The molecule has 6 heteroatoms. The van der Waals surface area contributed by atoms with E-state index in [9.17, 15) is 9.18 Å². The number of ether oxygens (including phenoxy) is 1. The minimum absolute atomic E-state index is 0.169. The predicted molar refractivity (Wildman–Crippen MR) is 93.7 cm³/mol. The van der Waals surface area contributed by atoms with Crippen LogP contribution in [0, 0.1) is 5.82 Å². The molecule has 126 valence electrons. The predicted octanol–water partition coefficient (Wildman–Crippen LogP) is 3.38. The first kappa shape index (κ1) is 16.9. The number of hydrogen-bond acceptors (Lipinski definition) is 3. The third kappa shape index (κ3) is 3.30. The maximum absolute atomic E-state index is 13.6. The molecular weight excluding hydrogens is 375 g/mol. The van der Waals surface area contributed by atoms with Crippen LogP contribution < -0.4 is 10.1 Å². The van der Waals surface area contributed by atoms with Gasteiger partial charge in [0.25, 0.3) is 5.91 Å². The first-order valence-electron chi connectivity index (χ1n) is 7.71. The minimum Gasteiger partial charge on any atom is -0.496 e. The summed E-state index contributed by atoms with van der Waals surface area (Å²) < 4.78 is 19.6. The van der Waals surface area contributed by atoms with E-state index in [1.807, 2.05) is 24.3 Å². The van der Waals surface area contributed by atoms with Gasteiger partial charge in [0, 0.05) is 29.7 Å². The number of piperazine rings is 1. The zero-order valence-corrected chi connectivity index (χ0v) is 14.8. The van der Waals surface area contributed by atoms with Crippen molar-refractivity contribution in [1.29, 1.82) is 0 Å². The van der Waals surface area contributed by atoms with E-state index >= 15 is 0 Å². The van der Waals surface area contributed by atoms with Gasteiger partial charge in [0.15, 0.2) is 0 Å². The second-order valence-corrected chi connectivity index (χ2v) is 6.44. The molecule has 0 saturated carbocycles. The van der Waals surface area contributed by atoms with Crippen LogP contribution in [0.1, 0.15) is 22.0 Å². The third-order valence-corrected chi connectivity index (χ3v) is 4.85. The van der Waals surface area contributed by atoms with E-state index in [1.165, 1.54) is 12.1 Å². The van der Waals surface area contributed by atoms with Gasteiger partial charge in [-0.15, -0.1) is 0 Å². The fourth-order valence-corrected chi connectivity index (χ4v) is 3.40. The monoisotopic (exact) mass is 392 g/mol. The van der Waals surface area contributed by atoms with Crippen LogP contribution in [0.3, 0.4) is 0 Å². The number of para-hydroxylation sites is 1. The fraction of sp³-hybridized carbons (Fsp3) is 0.278. The molecule has 0 spiro atoms. The summed E-state index contributed by atoms with van der Waals surface area (Å²) in [6.45, 7) is 1.87. The molecule has 3 rings (SSSR count). The molecule has 2 aromatic rings. The Morgan fingerprint density at radius 1 is 1.33 bits per heavy atom. The van der Waals surface area contributed by atoms with Crippen LogP contribution in [0.15, 0.2) is 46.9 Å². The molecule has 1 N–H and O–H groups in total. The number of rotatable bonds is 3. The first-order valence-corrected chi connectivity index (χ1v) is 8.50. The lowest BCUT2D eigenvalue weighted by molar-refractivity contribution is 0.0630. The highest BCUT2D eigenvalue weighted by atomic mass is 79.9. The van der Waals surface area contributed by atoms with E-state index in [2.05, 4.69) is 21.2 Å². The Kier molecular flexibility index (Phi) is 5.16. The van der Waals surface area contributed by atoms with Crippen LogP contribution in [0.4, 0.5) is 4.39 Å². The Morgan fingerprint density at radius 2 is 2.12 bits per heavy atom. The summed E-state index contributed by atoms with van der Waals surface area (Å²) in [4.78, 5) is 14.8. The second kappa shape index (κ2) is 7.32. The van der Waals surface area contributed by atoms with E-state index in [0.29, 0.717) is 29.7 Å². The van der Waals surface area contributed by atoms with Crippen LogP contribution in [-0.2, 0) is 0 Å². The van der Waals surface area contributed by atoms with Crippen molar-refractivity contribution in [2.75, 3.05) is 26.7 Å². The summed E-state index contributed by atoms with van der Waals surface area (Å²) >= 11 is 3.35. The highest BCUT2D eigenvalue weighted by molar-refractivity contribution is 9.10. The smallest absolute Gasteiger partial charge is 0.255 e. The van der Waals surface area contributed by atoms with Crippen LogP contribution in [0.5, 0.6) is 5.75 Å². The Hall–Kier alpha value is -1.92. The molecule has 24 heavy (non-hydrogen) atoms. The maximum Gasteiger partial charge on any atom is 0.255 e. The van der Waals surface area contributed by atoms with E-state index < -0.39 is 5.82 Å². The molecular formula is C18H18BrFN2O2. The third-order valence-electron chi connectivity index (χ3n) is 4.16. The van der Waals surface area contributed by atoms with Gasteiger partial charge in [-0.2, -0.15) is 0 Å². The Morgan fingerprint density at radius 3 is 2.92 bits per heavy atom. The molecule has 1 aliphatic heterocycles. The number of benzene rings is 2. The molecule has 1 amide bonds. The summed E-state index contributed by atoms with van der Waals surface area (Å²) in [6.07, 6.45) is 0. The van der Waals surface area contributed by atoms with Gasteiger partial charge in [0.2, 0.25) is 0 Å². The van der Waals surface area contributed by atoms with Gasteiger partial charge in [-0.1, -0.05) is 18.2 Å². The number of amides is 1. The molecule has 4 nitrogen and oxygen atoms in total. The summed E-state index contributed by atoms with van der Waals surface area (Å²) in [6, 6.07) is 11.6. The Balaban J connectivity index is 1.98. The number of carbonyl (C=O) groups is 1. The van der Waals surface area contributed by atoms with Gasteiger partial charge >= 0.3 is 0 Å². The minimum atomic E-state index is -0.425. The highest BCUT2D eigenvalue weighted by Gasteiger charge is 2.31. The normalized spacial score (nSPS) is 17.6. The Labute approximate surface area is 148 Å². The molecule has 0 aromatic heterocycles. The summed E-state index contributed by atoms with van der Waals surface area (Å²) in [5.74, 6) is 0.117. The largest absolute Gasteiger partial charge is 0.496 e. The number of carbonyl (C=O) groups excluding carboxylic acids is 1. The van der Waals surface area contributed by atoms with Crippen molar-refractivity contribution in [2.24, 2.45) is 0 Å². The van der Waals surface area contributed by atoms with E-state index in [-0.39, 0.29) is 11.9 Å². The van der Waals surface area contributed by atoms with Crippen molar-refractivity contribution < 1.29 is 13.9 Å². The van der Waals surface area contributed by atoms with Gasteiger partial charge in [0.1, 0.15) is 11.6 Å². The molecule has 0 bridgehead atoms. The Bertz CT molecular complexity index is 754. The molecule has 1 saturated heterocycles. The summed E-state index contributed by atoms with van der Waals surface area (Å²) in [5, 5.41) is 3.31. The number of hydrogen-bond donors (Lipinski definition) is 1. The van der Waals surface area contributed by atoms with Crippen LogP contribution in [-0.4, -0.2) is 37.6 Å². The number of nitrogens with zero attached hydrogens (tertiary/aromatic N) is 1. The first-order chi connectivity index (χ1) is 11.6. The molecule has 2 aromatic carbocycles. The van der Waals surface area contributed by atoms with E-state index in [1.54, 1.807) is 18.1 Å². The molecule has 0 aliphatic carbocycles. The van der Waals surface area contributed by atoms with Gasteiger partial charge in [-0.25, -0.2) is 4.39 Å². The highest BCUT2D eigenvalue weighted by Crippen LogP contribution is 2.32. The van der Waals surface area contributed by atoms with Crippen molar-refractivity contribution in [3.63, 3.8) is 0 Å². The lowest BCUT2D eigenvalue weighted by Crippen LogP contribution is -2.48. The van der Waals surface area contributed by atoms with Crippen molar-refractivity contribution in [3.8, 4) is 5.75 Å². The molecule has 1 atom stereocenters. The number of nitrogens with one attached hydrogen (secondary N) is 1. The maximum atomic E-state index is 13.6. The van der Waals surface area contributed by atoms with Crippen molar-refractivity contribution >= 4 is 21.8 Å². The number of methoxy groups -OCH3 is 1. The van der Waals surface area contributed by atoms with E-state index in [0.717, 1.165) is 11.3 Å². The lowest BCUT2D eigenvalue weighted by atomic mass is 10.0. The SMILES string of the molecule is COc1ccccc1C1CNCCN1C(=O)c1cc(F)ccc1Br. The van der Waals surface area contributed by atoms with Crippen LogP contribution >= 0.6 is 15.9 Å². The zero-order valence-electron chi connectivity index (χ0n) is 13.3. The molecule has 1 heterocycles. The standard InChI is InChI=1S/C18H18BrFN2O2/c1-24-17-5-3-2-4-13(17)16-11-21-8-9-22(16)18(23)14-10-12(20)6-7-15(14)19/h2-7,10,16,21H,8-9,11H2,1H3. The number of halogens is 2. The van der Waals surface area contributed by atoms with Gasteiger partial charge < -0.3 is 15.0 Å². The molecule has 0 radical (unpaired) electrons. The van der Waals surface area contributed by atoms with Gasteiger partial charge in [0.05, 0.1) is 18.7 Å². The summed E-state index contributed by atoms with van der Waals surface area (Å²) in [7, 11) is 1.62. The molecule has 1 fully saturated rings. The van der Waals surface area contributed by atoms with Crippen molar-refractivity contribution in [3.05, 3.63) is 63.9 Å². The topological polar surface area (TPSA) is 41.6 Å². The van der Waals surface area contributed by atoms with Gasteiger partial charge in [-0.3, -0.25) is 4.79 Å². The second-order valence-electron chi connectivity index (χ2n) is 5.58. The summed E-state index contributed by atoms with van der Waals surface area (Å²) in [5.41, 5.74) is 1.27. The van der Waals surface area contributed by atoms with Crippen molar-refractivity contribution in [1.82, 2.24) is 10.2 Å². The average Bonchev–Trinajstić information content (AvgIpc) is 2.63. The molecule has 1 aliphatic rings. The fourth-order valence-electron chi connectivity index (χ4n) is 2.98. The lowest BCUT2D eigenvalue weighted by Gasteiger charge is -2.37. The van der Waals surface area contributed by atoms with Gasteiger partial charge in [-0.05, 0) is 40.2 Å². The van der Waals surface area contributed by atoms with Crippen molar-refractivity contribution in [2.45, 2.75) is 6.04 Å². The average molecular weight is 393 g/mol. The molecule has 1 unspecified atom stereocenters. The quantitative estimate of drug-likeness (QED) is 0.870. The van der Waals surface area contributed by atoms with E-state index in [4.69, 9.17) is 4.74 Å². The van der Waals surface area contributed by atoms with Crippen LogP contribution in [0.25, 0.3) is 0 Å².